The molecule has 3 N–H and O–H groups in total. The van der Waals surface area contributed by atoms with E-state index >= 15 is 0 Å². The van der Waals surface area contributed by atoms with Gasteiger partial charge >= 0.3 is 11.8 Å². The fourth-order valence-electron chi connectivity index (χ4n) is 3.29. The normalized spacial score (nSPS) is 10.6. The topological polar surface area (TPSA) is 92.2 Å². The lowest BCUT2D eigenvalue weighted by Crippen LogP contribution is -2.36. The lowest BCUT2D eigenvalue weighted by Gasteiger charge is -2.13. The standard InChI is InChI=1S/C24H18BrClN4O3/c1-14-5-4-6-17(11-14)27-23(32)24(33)29-30-20-10-9-16(25)12-15(20)13-21(30)22(31)28-19-8-3-2-7-18(19)26/h2-13H,1H3,(H,27,32)(H,28,31)(H,29,33). The molecule has 0 atom stereocenters. The number of para-hydroxylation sites is 1. The van der Waals surface area contributed by atoms with Crippen LogP contribution in [0.15, 0.2) is 77.3 Å². The summed E-state index contributed by atoms with van der Waals surface area (Å²) in [6.45, 7) is 1.88. The van der Waals surface area contributed by atoms with Gasteiger partial charge in [-0.15, -0.1) is 0 Å². The second kappa shape index (κ2) is 9.48. The molecule has 3 aromatic carbocycles. The molecule has 1 aromatic heterocycles. The molecule has 4 rings (SSSR count). The van der Waals surface area contributed by atoms with Gasteiger partial charge in [0, 0.05) is 15.5 Å². The Morgan fingerprint density at radius 1 is 0.879 bits per heavy atom. The van der Waals surface area contributed by atoms with Crippen molar-refractivity contribution in [1.82, 2.24) is 4.68 Å². The molecule has 0 unspecified atom stereocenters. The van der Waals surface area contributed by atoms with Crippen LogP contribution in [-0.4, -0.2) is 22.4 Å². The maximum Gasteiger partial charge on any atom is 0.328 e. The zero-order chi connectivity index (χ0) is 23.5. The van der Waals surface area contributed by atoms with Crippen LogP contribution in [0.3, 0.4) is 0 Å². The Morgan fingerprint density at radius 3 is 2.42 bits per heavy atom. The summed E-state index contributed by atoms with van der Waals surface area (Å²) in [7, 11) is 0. The van der Waals surface area contributed by atoms with E-state index in [0.29, 0.717) is 27.3 Å². The first-order chi connectivity index (χ1) is 15.8. The van der Waals surface area contributed by atoms with Gasteiger partial charge in [-0.25, -0.2) is 4.68 Å². The van der Waals surface area contributed by atoms with Gasteiger partial charge in [0.25, 0.3) is 5.91 Å². The quantitative estimate of drug-likeness (QED) is 0.315. The number of rotatable bonds is 4. The van der Waals surface area contributed by atoms with E-state index in [4.69, 9.17) is 11.6 Å². The monoisotopic (exact) mass is 524 g/mol. The van der Waals surface area contributed by atoms with Crippen molar-refractivity contribution in [3.8, 4) is 0 Å². The number of benzene rings is 3. The van der Waals surface area contributed by atoms with Crippen LogP contribution in [0.5, 0.6) is 0 Å². The minimum absolute atomic E-state index is 0.125. The number of hydrogen-bond donors (Lipinski definition) is 3. The van der Waals surface area contributed by atoms with Gasteiger partial charge in [-0.3, -0.25) is 19.8 Å². The molecule has 33 heavy (non-hydrogen) atoms. The fourth-order valence-corrected chi connectivity index (χ4v) is 3.85. The van der Waals surface area contributed by atoms with Crippen LogP contribution in [-0.2, 0) is 9.59 Å². The number of aromatic nitrogens is 1. The molecule has 7 nitrogen and oxygen atoms in total. The number of halogens is 2. The van der Waals surface area contributed by atoms with Gasteiger partial charge in [-0.1, -0.05) is 51.8 Å². The van der Waals surface area contributed by atoms with E-state index in [9.17, 15) is 14.4 Å². The maximum absolute atomic E-state index is 13.1. The van der Waals surface area contributed by atoms with E-state index in [-0.39, 0.29) is 5.69 Å². The molecule has 0 saturated heterocycles. The van der Waals surface area contributed by atoms with Crippen molar-refractivity contribution in [2.75, 3.05) is 16.1 Å². The second-order valence-corrected chi connectivity index (χ2v) is 8.59. The van der Waals surface area contributed by atoms with Crippen LogP contribution in [0.2, 0.25) is 5.02 Å². The minimum atomic E-state index is -0.927. The Labute approximate surface area is 202 Å². The molecule has 3 amide bonds. The van der Waals surface area contributed by atoms with Crippen LogP contribution in [0.4, 0.5) is 11.4 Å². The predicted molar refractivity (Wildman–Crippen MR) is 133 cm³/mol. The number of fused-ring (bicyclic) bond motifs is 1. The molecule has 0 radical (unpaired) electrons. The molecular weight excluding hydrogens is 508 g/mol. The Bertz CT molecular complexity index is 1400. The fraction of sp³-hybridized carbons (Fsp3) is 0.0417. The first-order valence-electron chi connectivity index (χ1n) is 9.88. The molecule has 0 spiro atoms. The van der Waals surface area contributed by atoms with E-state index in [1.807, 2.05) is 13.0 Å². The molecule has 166 valence electrons. The van der Waals surface area contributed by atoms with Crippen molar-refractivity contribution in [1.29, 1.82) is 0 Å². The Kier molecular flexibility index (Phi) is 6.48. The van der Waals surface area contributed by atoms with Gasteiger partial charge in [0.15, 0.2) is 0 Å². The van der Waals surface area contributed by atoms with Crippen molar-refractivity contribution in [2.45, 2.75) is 6.92 Å². The zero-order valence-electron chi connectivity index (χ0n) is 17.4. The summed E-state index contributed by atoms with van der Waals surface area (Å²) in [6.07, 6.45) is 0. The number of hydrogen-bond acceptors (Lipinski definition) is 3. The van der Waals surface area contributed by atoms with Crippen molar-refractivity contribution in [2.24, 2.45) is 0 Å². The average molecular weight is 526 g/mol. The first kappa shape index (κ1) is 22.6. The minimum Gasteiger partial charge on any atom is -0.319 e. The van der Waals surface area contributed by atoms with Gasteiger partial charge < -0.3 is 10.6 Å². The molecule has 4 aromatic rings. The lowest BCUT2D eigenvalue weighted by atomic mass is 10.2. The van der Waals surface area contributed by atoms with Gasteiger partial charge in [0.05, 0.1) is 16.2 Å². The van der Waals surface area contributed by atoms with Crippen LogP contribution in [0.1, 0.15) is 16.1 Å². The van der Waals surface area contributed by atoms with Crippen LogP contribution >= 0.6 is 27.5 Å². The summed E-state index contributed by atoms with van der Waals surface area (Å²) in [5, 5.41) is 6.36. The van der Waals surface area contributed by atoms with Crippen molar-refractivity contribution in [3.05, 3.63) is 93.5 Å². The highest BCUT2D eigenvalue weighted by Crippen LogP contribution is 2.25. The predicted octanol–water partition coefficient (Wildman–Crippen LogP) is 5.33. The van der Waals surface area contributed by atoms with Crippen LogP contribution in [0, 0.1) is 6.92 Å². The molecule has 0 fully saturated rings. The molecular formula is C24H18BrClN4O3. The van der Waals surface area contributed by atoms with E-state index in [0.717, 1.165) is 10.0 Å². The highest BCUT2D eigenvalue weighted by Gasteiger charge is 2.21. The molecule has 9 heteroatoms. The molecule has 0 aliphatic heterocycles. The Balaban J connectivity index is 1.64. The Hall–Kier alpha value is -3.62. The highest BCUT2D eigenvalue weighted by molar-refractivity contribution is 9.10. The average Bonchev–Trinajstić information content (AvgIpc) is 3.12. The van der Waals surface area contributed by atoms with E-state index < -0.39 is 17.7 Å². The number of amides is 3. The molecule has 0 bridgehead atoms. The smallest absolute Gasteiger partial charge is 0.319 e. The summed E-state index contributed by atoms with van der Waals surface area (Å²) >= 11 is 9.56. The van der Waals surface area contributed by atoms with Gasteiger partial charge in [0.2, 0.25) is 0 Å². The second-order valence-electron chi connectivity index (χ2n) is 7.27. The van der Waals surface area contributed by atoms with E-state index in [1.165, 1.54) is 4.68 Å². The van der Waals surface area contributed by atoms with Gasteiger partial charge in [-0.2, -0.15) is 0 Å². The number of anilines is 2. The number of carbonyl (C=O) groups is 3. The molecule has 0 aliphatic rings. The third-order valence-electron chi connectivity index (χ3n) is 4.81. The summed E-state index contributed by atoms with van der Waals surface area (Å²) in [5.74, 6) is -2.30. The summed E-state index contributed by atoms with van der Waals surface area (Å²) in [5.41, 5.74) is 5.05. The largest absolute Gasteiger partial charge is 0.328 e. The Morgan fingerprint density at radius 2 is 1.67 bits per heavy atom. The molecule has 0 aliphatic carbocycles. The number of carbonyl (C=O) groups excluding carboxylic acids is 3. The van der Waals surface area contributed by atoms with Gasteiger partial charge in [0.1, 0.15) is 5.69 Å². The highest BCUT2D eigenvalue weighted by atomic mass is 79.9. The summed E-state index contributed by atoms with van der Waals surface area (Å²) < 4.78 is 2.08. The molecule has 1 heterocycles. The first-order valence-corrected chi connectivity index (χ1v) is 11.0. The van der Waals surface area contributed by atoms with Crippen LogP contribution in [0.25, 0.3) is 10.9 Å². The SMILES string of the molecule is Cc1cccc(NC(=O)C(=O)Nn2c(C(=O)Nc3ccccc3Cl)cc3cc(Br)ccc32)c1. The number of nitrogens with zero attached hydrogens (tertiary/aromatic N) is 1. The van der Waals surface area contributed by atoms with Crippen molar-refractivity contribution in [3.63, 3.8) is 0 Å². The van der Waals surface area contributed by atoms with Crippen molar-refractivity contribution >= 4 is 67.5 Å². The number of aryl methyl sites for hydroxylation is 1. The molecule has 0 saturated carbocycles. The zero-order valence-corrected chi connectivity index (χ0v) is 19.7. The third-order valence-corrected chi connectivity index (χ3v) is 5.64. The van der Waals surface area contributed by atoms with E-state index in [1.54, 1.807) is 66.7 Å². The summed E-state index contributed by atoms with van der Waals surface area (Å²) in [6, 6.07) is 20.8. The van der Waals surface area contributed by atoms with Gasteiger partial charge in [-0.05, 0) is 61.0 Å². The number of nitrogens with one attached hydrogen (secondary N) is 3. The third kappa shape index (κ3) is 5.08. The van der Waals surface area contributed by atoms with Crippen LogP contribution < -0.4 is 16.1 Å². The van der Waals surface area contributed by atoms with E-state index in [2.05, 4.69) is 32.0 Å². The summed E-state index contributed by atoms with van der Waals surface area (Å²) in [4.78, 5) is 38.3. The maximum atomic E-state index is 13.1. The van der Waals surface area contributed by atoms with Crippen molar-refractivity contribution < 1.29 is 14.4 Å². The lowest BCUT2D eigenvalue weighted by molar-refractivity contribution is -0.133.